The summed E-state index contributed by atoms with van der Waals surface area (Å²) in [6.45, 7) is 5.79. The molecule has 4 rings (SSSR count). The Bertz CT molecular complexity index is 1490. The molecule has 0 aliphatic heterocycles. The number of sulfone groups is 1. The number of thiophene rings is 1. The minimum absolute atomic E-state index is 0.0715. The Labute approximate surface area is 208 Å². The predicted octanol–water partition coefficient (Wildman–Crippen LogP) is 6.72. The van der Waals surface area contributed by atoms with Crippen LogP contribution in [0.2, 0.25) is 5.02 Å². The van der Waals surface area contributed by atoms with E-state index in [1.54, 1.807) is 48.5 Å². The number of hydrogen-bond donors (Lipinski definition) is 2. The molecule has 0 spiro atoms. The number of nitrogens with two attached hydrogens (primary N) is 1. The second-order valence-corrected chi connectivity index (χ2v) is 11.4. The summed E-state index contributed by atoms with van der Waals surface area (Å²) in [4.78, 5) is 13.4. The number of hydrogen-bond acceptors (Lipinski definition) is 6. The Morgan fingerprint density at radius 1 is 0.912 bits per heavy atom. The van der Waals surface area contributed by atoms with Crippen LogP contribution in [0.5, 0.6) is 0 Å². The lowest BCUT2D eigenvalue weighted by Crippen LogP contribution is -2.08. The summed E-state index contributed by atoms with van der Waals surface area (Å²) in [6, 6.07) is 18.8. The van der Waals surface area contributed by atoms with Gasteiger partial charge in [-0.3, -0.25) is 4.79 Å². The van der Waals surface area contributed by atoms with Gasteiger partial charge >= 0.3 is 0 Å². The molecular formula is C26H23ClN2O3S2. The van der Waals surface area contributed by atoms with Gasteiger partial charge in [-0.1, -0.05) is 47.0 Å². The van der Waals surface area contributed by atoms with Crippen LogP contribution in [-0.4, -0.2) is 14.2 Å². The van der Waals surface area contributed by atoms with Crippen LogP contribution in [0, 0.1) is 20.8 Å². The maximum absolute atomic E-state index is 13.7. The molecule has 0 saturated heterocycles. The summed E-state index contributed by atoms with van der Waals surface area (Å²) >= 11 is 6.98. The summed E-state index contributed by atoms with van der Waals surface area (Å²) in [6.07, 6.45) is 0. The van der Waals surface area contributed by atoms with E-state index in [1.807, 2.05) is 39.0 Å². The van der Waals surface area contributed by atoms with Crippen LogP contribution in [0.3, 0.4) is 0 Å². The molecule has 0 amide bonds. The van der Waals surface area contributed by atoms with Crippen LogP contribution in [0.1, 0.15) is 31.9 Å². The van der Waals surface area contributed by atoms with E-state index < -0.39 is 9.84 Å². The molecule has 0 saturated carbocycles. The summed E-state index contributed by atoms with van der Waals surface area (Å²) in [7, 11) is -4.01. The topological polar surface area (TPSA) is 89.3 Å². The van der Waals surface area contributed by atoms with E-state index in [0.29, 0.717) is 15.6 Å². The molecule has 3 N–H and O–H groups in total. The molecule has 0 atom stereocenters. The number of nitrogen functional groups attached to an aromatic ring is 1. The Morgan fingerprint density at radius 3 is 2.15 bits per heavy atom. The van der Waals surface area contributed by atoms with Gasteiger partial charge in [-0.15, -0.1) is 11.3 Å². The Balaban J connectivity index is 1.89. The quantitative estimate of drug-likeness (QED) is 0.281. The van der Waals surface area contributed by atoms with Gasteiger partial charge in [0.1, 0.15) is 14.8 Å². The summed E-state index contributed by atoms with van der Waals surface area (Å²) in [5.74, 6) is -0.367. The molecule has 0 radical (unpaired) electrons. The fourth-order valence-electron chi connectivity index (χ4n) is 3.59. The van der Waals surface area contributed by atoms with Crippen LogP contribution in [-0.2, 0) is 9.84 Å². The summed E-state index contributed by atoms with van der Waals surface area (Å²) in [5.41, 5.74) is 10.4. The van der Waals surface area contributed by atoms with Gasteiger partial charge in [0.2, 0.25) is 15.6 Å². The monoisotopic (exact) mass is 510 g/mol. The molecule has 34 heavy (non-hydrogen) atoms. The van der Waals surface area contributed by atoms with Crippen LogP contribution < -0.4 is 11.1 Å². The van der Waals surface area contributed by atoms with E-state index in [1.165, 1.54) is 0 Å². The van der Waals surface area contributed by atoms with E-state index >= 15 is 0 Å². The third-order valence-corrected chi connectivity index (χ3v) is 8.80. The first-order chi connectivity index (χ1) is 16.1. The molecule has 8 heteroatoms. The maximum Gasteiger partial charge on any atom is 0.211 e. The van der Waals surface area contributed by atoms with Gasteiger partial charge in [0.25, 0.3) is 0 Å². The first-order valence-corrected chi connectivity index (χ1v) is 13.1. The lowest BCUT2D eigenvalue weighted by atomic mass is 10.1. The van der Waals surface area contributed by atoms with Crippen molar-refractivity contribution in [1.82, 2.24) is 0 Å². The lowest BCUT2D eigenvalue weighted by Gasteiger charge is -2.12. The zero-order valence-electron chi connectivity index (χ0n) is 18.8. The minimum atomic E-state index is -4.01. The number of rotatable bonds is 6. The van der Waals surface area contributed by atoms with Crippen molar-refractivity contribution in [2.75, 3.05) is 11.1 Å². The molecule has 0 bridgehead atoms. The average Bonchev–Trinajstić information content (AvgIpc) is 3.12. The van der Waals surface area contributed by atoms with E-state index in [-0.39, 0.29) is 26.1 Å². The van der Waals surface area contributed by atoms with Crippen molar-refractivity contribution in [3.8, 4) is 0 Å². The van der Waals surface area contributed by atoms with Gasteiger partial charge in [0.05, 0.1) is 10.6 Å². The van der Waals surface area contributed by atoms with Crippen molar-refractivity contribution in [2.24, 2.45) is 0 Å². The average molecular weight is 511 g/mol. The number of aryl methyl sites for hydroxylation is 3. The largest absolute Gasteiger partial charge is 0.396 e. The van der Waals surface area contributed by atoms with Crippen LogP contribution in [0.25, 0.3) is 0 Å². The van der Waals surface area contributed by atoms with Gasteiger partial charge in [-0.05, 0) is 68.8 Å². The van der Waals surface area contributed by atoms with Crippen molar-refractivity contribution in [2.45, 2.75) is 30.6 Å². The van der Waals surface area contributed by atoms with Gasteiger partial charge < -0.3 is 11.1 Å². The molecule has 174 valence electrons. The van der Waals surface area contributed by atoms with Crippen molar-refractivity contribution in [3.05, 3.63) is 98.9 Å². The molecule has 1 heterocycles. The van der Waals surface area contributed by atoms with Crippen LogP contribution in [0.15, 0.2) is 76.5 Å². The fraction of sp³-hybridized carbons (Fsp3) is 0.115. The second-order valence-electron chi connectivity index (χ2n) is 8.10. The smallest absolute Gasteiger partial charge is 0.211 e. The first kappa shape index (κ1) is 24.0. The summed E-state index contributed by atoms with van der Waals surface area (Å²) < 4.78 is 27.4. The Hall–Kier alpha value is -3.13. The van der Waals surface area contributed by atoms with Gasteiger partial charge in [-0.2, -0.15) is 0 Å². The minimum Gasteiger partial charge on any atom is -0.396 e. The van der Waals surface area contributed by atoms with E-state index in [4.69, 9.17) is 17.3 Å². The van der Waals surface area contributed by atoms with E-state index in [2.05, 4.69) is 5.32 Å². The summed E-state index contributed by atoms with van der Waals surface area (Å²) in [5, 5.41) is 4.01. The van der Waals surface area contributed by atoms with Crippen LogP contribution in [0.4, 0.5) is 16.4 Å². The molecule has 1 aromatic heterocycles. The lowest BCUT2D eigenvalue weighted by molar-refractivity contribution is 0.104. The van der Waals surface area contributed by atoms with E-state index in [0.717, 1.165) is 33.7 Å². The van der Waals surface area contributed by atoms with Gasteiger partial charge in [0.15, 0.2) is 0 Å². The highest BCUT2D eigenvalue weighted by atomic mass is 35.5. The molecular weight excluding hydrogens is 488 g/mol. The van der Waals surface area contributed by atoms with Crippen molar-refractivity contribution in [1.29, 1.82) is 0 Å². The predicted molar refractivity (Wildman–Crippen MR) is 139 cm³/mol. The number of nitrogens with one attached hydrogen (secondary N) is 1. The van der Waals surface area contributed by atoms with Gasteiger partial charge in [0, 0.05) is 16.3 Å². The van der Waals surface area contributed by atoms with E-state index in [9.17, 15) is 13.2 Å². The third-order valence-electron chi connectivity index (χ3n) is 5.44. The molecule has 0 aliphatic rings. The molecule has 5 nitrogen and oxygen atoms in total. The SMILES string of the molecule is Cc1ccc(S(=O)(=O)c2c(Nc3ccc(C)cc3C)sc(C(=O)c3ccc(Cl)cc3)c2N)cc1. The van der Waals surface area contributed by atoms with Crippen molar-refractivity contribution >= 4 is 54.9 Å². The molecule has 0 aliphatic carbocycles. The molecule has 4 aromatic rings. The number of ketones is 1. The van der Waals surface area contributed by atoms with Crippen LogP contribution >= 0.6 is 22.9 Å². The normalized spacial score (nSPS) is 11.4. The number of halogens is 1. The van der Waals surface area contributed by atoms with Crippen molar-refractivity contribution < 1.29 is 13.2 Å². The number of anilines is 3. The van der Waals surface area contributed by atoms with Crippen molar-refractivity contribution in [3.63, 3.8) is 0 Å². The highest BCUT2D eigenvalue weighted by Crippen LogP contribution is 2.44. The third kappa shape index (κ3) is 4.59. The highest BCUT2D eigenvalue weighted by molar-refractivity contribution is 7.92. The number of carbonyl (C=O) groups is 1. The second kappa shape index (κ2) is 9.25. The Kier molecular flexibility index (Phi) is 6.53. The Morgan fingerprint density at radius 2 is 1.53 bits per heavy atom. The maximum atomic E-state index is 13.7. The first-order valence-electron chi connectivity index (χ1n) is 10.5. The molecule has 0 fully saturated rings. The molecule has 3 aromatic carbocycles. The number of carbonyl (C=O) groups excluding carboxylic acids is 1. The zero-order valence-corrected chi connectivity index (χ0v) is 21.2. The fourth-order valence-corrected chi connectivity index (χ4v) is 6.64. The van der Waals surface area contributed by atoms with Gasteiger partial charge in [-0.25, -0.2) is 8.42 Å². The number of benzene rings is 3. The standard InChI is InChI=1S/C26H23ClN2O3S2/c1-15-4-11-20(12-5-15)34(31,32)25-22(28)24(23(30)18-7-9-19(27)10-8-18)33-26(25)29-21-13-6-16(2)14-17(21)3/h4-14,29H,28H2,1-3H3. The zero-order chi connectivity index (χ0) is 24.6. The highest BCUT2D eigenvalue weighted by Gasteiger charge is 2.31. The molecule has 0 unspecified atom stereocenters.